The van der Waals surface area contributed by atoms with E-state index in [4.69, 9.17) is 4.74 Å². The molecular formula is C21H30N4O. The summed E-state index contributed by atoms with van der Waals surface area (Å²) in [7, 11) is 0. The second kappa shape index (κ2) is 8.80. The molecule has 0 N–H and O–H groups in total. The van der Waals surface area contributed by atoms with E-state index in [-0.39, 0.29) is 0 Å². The maximum absolute atomic E-state index is 6.12. The summed E-state index contributed by atoms with van der Waals surface area (Å²) < 4.78 is 8.08. The van der Waals surface area contributed by atoms with Gasteiger partial charge in [0.1, 0.15) is 0 Å². The predicted molar refractivity (Wildman–Crippen MR) is 103 cm³/mol. The SMILES string of the molecule is c1cnn(Cc2ccc(CN3CCCO[C@H](CN4CCCC4)C3)cc2)c1. The minimum Gasteiger partial charge on any atom is -0.376 e. The zero-order valence-electron chi connectivity index (χ0n) is 15.6. The van der Waals surface area contributed by atoms with Crippen LogP contribution >= 0.6 is 0 Å². The van der Waals surface area contributed by atoms with E-state index in [1.807, 2.05) is 23.1 Å². The molecule has 0 bridgehead atoms. The van der Waals surface area contributed by atoms with E-state index in [9.17, 15) is 0 Å². The van der Waals surface area contributed by atoms with Gasteiger partial charge >= 0.3 is 0 Å². The molecule has 2 aliphatic heterocycles. The van der Waals surface area contributed by atoms with Gasteiger partial charge in [-0.2, -0.15) is 5.10 Å². The van der Waals surface area contributed by atoms with E-state index in [0.29, 0.717) is 6.10 Å². The molecule has 2 saturated heterocycles. The highest BCUT2D eigenvalue weighted by atomic mass is 16.5. The second-order valence-corrected chi connectivity index (χ2v) is 7.61. The number of aromatic nitrogens is 2. The van der Waals surface area contributed by atoms with Gasteiger partial charge in [0.25, 0.3) is 0 Å². The second-order valence-electron chi connectivity index (χ2n) is 7.61. The molecule has 2 fully saturated rings. The third kappa shape index (κ3) is 4.93. The van der Waals surface area contributed by atoms with Crippen LogP contribution in [0.2, 0.25) is 0 Å². The van der Waals surface area contributed by atoms with Crippen molar-refractivity contribution in [2.75, 3.05) is 39.3 Å². The lowest BCUT2D eigenvalue weighted by molar-refractivity contribution is 0.0308. The van der Waals surface area contributed by atoms with Crippen molar-refractivity contribution in [3.05, 3.63) is 53.9 Å². The number of hydrogen-bond donors (Lipinski definition) is 0. The lowest BCUT2D eigenvalue weighted by Crippen LogP contribution is -2.39. The Morgan fingerprint density at radius 3 is 2.38 bits per heavy atom. The molecule has 0 unspecified atom stereocenters. The molecule has 5 nitrogen and oxygen atoms in total. The number of ether oxygens (including phenoxy) is 1. The molecule has 1 atom stereocenters. The normalized spacial score (nSPS) is 22.5. The first kappa shape index (κ1) is 17.7. The first-order chi connectivity index (χ1) is 12.8. The Bertz CT molecular complexity index is 649. The smallest absolute Gasteiger partial charge is 0.0828 e. The molecule has 0 radical (unpaired) electrons. The van der Waals surface area contributed by atoms with Crippen molar-refractivity contribution in [2.45, 2.75) is 38.5 Å². The quantitative estimate of drug-likeness (QED) is 0.798. The number of rotatable bonds is 6. The molecule has 1 aromatic carbocycles. The number of likely N-dealkylation sites (tertiary alicyclic amines) is 1. The van der Waals surface area contributed by atoms with Crippen LogP contribution < -0.4 is 0 Å². The minimum absolute atomic E-state index is 0.356. The maximum atomic E-state index is 6.12. The van der Waals surface area contributed by atoms with Gasteiger partial charge in [0.05, 0.1) is 12.6 Å². The van der Waals surface area contributed by atoms with Crippen molar-refractivity contribution in [2.24, 2.45) is 0 Å². The number of benzene rings is 1. The fraction of sp³-hybridized carbons (Fsp3) is 0.571. The lowest BCUT2D eigenvalue weighted by Gasteiger charge is -2.27. The molecule has 0 aliphatic carbocycles. The molecule has 4 rings (SSSR count). The van der Waals surface area contributed by atoms with Gasteiger partial charge in [-0.3, -0.25) is 9.58 Å². The van der Waals surface area contributed by atoms with Gasteiger partial charge in [0, 0.05) is 45.2 Å². The summed E-state index contributed by atoms with van der Waals surface area (Å²) in [6, 6.07) is 11.0. The standard InChI is InChI=1S/C21H30N4O/c1-2-11-23(10-1)17-21-18-24(12-4-14-26-21)15-19-5-7-20(8-6-19)16-25-13-3-9-22-25/h3,5-9,13,21H,1-2,4,10-12,14-18H2/t21-/m1/s1. The van der Waals surface area contributed by atoms with Crippen LogP contribution in [0.3, 0.4) is 0 Å². The van der Waals surface area contributed by atoms with E-state index >= 15 is 0 Å². The van der Waals surface area contributed by atoms with Crippen LogP contribution in [0.25, 0.3) is 0 Å². The molecule has 0 amide bonds. The summed E-state index contributed by atoms with van der Waals surface area (Å²) >= 11 is 0. The Kier molecular flexibility index (Phi) is 5.99. The average molecular weight is 354 g/mol. The Morgan fingerprint density at radius 1 is 0.923 bits per heavy atom. The maximum Gasteiger partial charge on any atom is 0.0828 e. The Morgan fingerprint density at radius 2 is 1.65 bits per heavy atom. The van der Waals surface area contributed by atoms with Crippen molar-refractivity contribution in [3.63, 3.8) is 0 Å². The summed E-state index contributed by atoms with van der Waals surface area (Å²) in [4.78, 5) is 5.13. The third-order valence-electron chi connectivity index (χ3n) is 5.43. The number of nitrogens with zero attached hydrogens (tertiary/aromatic N) is 4. The summed E-state index contributed by atoms with van der Waals surface area (Å²) in [6.45, 7) is 8.52. The average Bonchev–Trinajstić information content (AvgIpc) is 3.30. The first-order valence-electron chi connectivity index (χ1n) is 9.97. The fourth-order valence-corrected chi connectivity index (χ4v) is 4.07. The molecular weight excluding hydrogens is 324 g/mol. The molecule has 2 aliphatic rings. The van der Waals surface area contributed by atoms with E-state index in [2.05, 4.69) is 39.2 Å². The predicted octanol–water partition coefficient (Wildman–Crippen LogP) is 2.62. The molecule has 140 valence electrons. The monoisotopic (exact) mass is 354 g/mol. The van der Waals surface area contributed by atoms with Crippen LogP contribution in [0.5, 0.6) is 0 Å². The highest BCUT2D eigenvalue weighted by molar-refractivity contribution is 5.22. The van der Waals surface area contributed by atoms with Crippen LogP contribution in [0.1, 0.15) is 30.4 Å². The number of hydrogen-bond acceptors (Lipinski definition) is 4. The first-order valence-corrected chi connectivity index (χ1v) is 9.97. The van der Waals surface area contributed by atoms with Crippen LogP contribution in [-0.4, -0.2) is 65.0 Å². The van der Waals surface area contributed by atoms with Crippen LogP contribution in [0.4, 0.5) is 0 Å². The molecule has 3 heterocycles. The highest BCUT2D eigenvalue weighted by Crippen LogP contribution is 2.15. The fourth-order valence-electron chi connectivity index (χ4n) is 4.07. The van der Waals surface area contributed by atoms with E-state index in [1.54, 1.807) is 0 Å². The molecule has 2 aromatic rings. The van der Waals surface area contributed by atoms with Crippen molar-refractivity contribution in [1.82, 2.24) is 19.6 Å². The van der Waals surface area contributed by atoms with Gasteiger partial charge in [-0.1, -0.05) is 24.3 Å². The summed E-state index contributed by atoms with van der Waals surface area (Å²) in [6.07, 6.45) is 8.02. The van der Waals surface area contributed by atoms with Gasteiger partial charge in [0.15, 0.2) is 0 Å². The van der Waals surface area contributed by atoms with Crippen LogP contribution in [-0.2, 0) is 17.8 Å². The Hall–Kier alpha value is -1.69. The van der Waals surface area contributed by atoms with Crippen molar-refractivity contribution < 1.29 is 4.74 Å². The van der Waals surface area contributed by atoms with Crippen molar-refractivity contribution >= 4 is 0 Å². The van der Waals surface area contributed by atoms with E-state index in [0.717, 1.165) is 45.8 Å². The van der Waals surface area contributed by atoms with Gasteiger partial charge in [-0.15, -0.1) is 0 Å². The van der Waals surface area contributed by atoms with E-state index in [1.165, 1.54) is 37.1 Å². The Labute approximate surface area is 156 Å². The summed E-state index contributed by atoms with van der Waals surface area (Å²) in [5, 5.41) is 4.28. The van der Waals surface area contributed by atoms with Gasteiger partial charge in [-0.05, 0) is 49.5 Å². The highest BCUT2D eigenvalue weighted by Gasteiger charge is 2.22. The minimum atomic E-state index is 0.356. The van der Waals surface area contributed by atoms with Gasteiger partial charge < -0.3 is 9.64 Å². The Balaban J connectivity index is 1.31. The lowest BCUT2D eigenvalue weighted by atomic mass is 10.1. The summed E-state index contributed by atoms with van der Waals surface area (Å²) in [5.41, 5.74) is 2.68. The van der Waals surface area contributed by atoms with E-state index < -0.39 is 0 Å². The van der Waals surface area contributed by atoms with Gasteiger partial charge in [-0.25, -0.2) is 0 Å². The van der Waals surface area contributed by atoms with Gasteiger partial charge in [0.2, 0.25) is 0 Å². The summed E-state index contributed by atoms with van der Waals surface area (Å²) in [5.74, 6) is 0. The zero-order valence-corrected chi connectivity index (χ0v) is 15.6. The van der Waals surface area contributed by atoms with Crippen molar-refractivity contribution in [3.8, 4) is 0 Å². The molecule has 5 heteroatoms. The largest absolute Gasteiger partial charge is 0.376 e. The molecule has 1 aromatic heterocycles. The third-order valence-corrected chi connectivity index (χ3v) is 5.43. The zero-order chi connectivity index (χ0) is 17.6. The molecule has 0 saturated carbocycles. The van der Waals surface area contributed by atoms with Crippen molar-refractivity contribution in [1.29, 1.82) is 0 Å². The molecule has 26 heavy (non-hydrogen) atoms. The van der Waals surface area contributed by atoms with Crippen LogP contribution in [0.15, 0.2) is 42.7 Å². The molecule has 0 spiro atoms. The topological polar surface area (TPSA) is 33.5 Å². The van der Waals surface area contributed by atoms with Crippen LogP contribution in [0, 0.1) is 0 Å².